The zero-order valence-electron chi connectivity index (χ0n) is 12.3. The average Bonchev–Trinajstić information content (AvgIpc) is 2.51. The van der Waals surface area contributed by atoms with Gasteiger partial charge in [-0.05, 0) is 0 Å². The molecule has 0 radical (unpaired) electrons. The Labute approximate surface area is 135 Å². The van der Waals surface area contributed by atoms with Crippen LogP contribution in [-0.4, -0.2) is 17.2 Å². The third-order valence-electron chi connectivity index (χ3n) is 3.22. The molecule has 0 saturated carbocycles. The van der Waals surface area contributed by atoms with Crippen molar-refractivity contribution in [2.75, 3.05) is 6.61 Å². The van der Waals surface area contributed by atoms with Gasteiger partial charge in [-0.25, -0.2) is 4.79 Å². The number of unbranched alkanes of at least 4 members (excludes halogenated alkanes) is 4. The Bertz CT molecular complexity index is 484. The van der Waals surface area contributed by atoms with Crippen molar-refractivity contribution in [2.24, 2.45) is 0 Å². The van der Waals surface area contributed by atoms with E-state index in [1.54, 1.807) is 0 Å². The first-order chi connectivity index (χ1) is 10.3. The summed E-state index contributed by atoms with van der Waals surface area (Å²) in [4.78, 5) is 10.8. The number of ether oxygens (including phenoxy) is 1. The van der Waals surface area contributed by atoms with Gasteiger partial charge in [-0.15, -0.1) is 0 Å². The first kappa shape index (κ1) is 17.6. The van der Waals surface area contributed by atoms with E-state index < -0.39 is 0 Å². The van der Waals surface area contributed by atoms with Gasteiger partial charge in [0.05, 0.1) is 6.61 Å². The van der Waals surface area contributed by atoms with E-state index in [4.69, 9.17) is 4.74 Å². The van der Waals surface area contributed by atoms with Crippen LogP contribution >= 0.6 is 0 Å². The molecule has 0 saturated heterocycles. The van der Waals surface area contributed by atoms with Gasteiger partial charge < -0.3 is 4.74 Å². The Morgan fingerprint density at radius 2 is 1.81 bits per heavy atom. The minimum absolute atomic E-state index is 0.330. The van der Waals surface area contributed by atoms with Crippen LogP contribution in [0.15, 0.2) is 36.9 Å². The van der Waals surface area contributed by atoms with Crippen molar-refractivity contribution in [2.45, 2.75) is 38.5 Å². The van der Waals surface area contributed by atoms with Crippen LogP contribution in [0.3, 0.4) is 0 Å². The van der Waals surface area contributed by atoms with Gasteiger partial charge in [0.25, 0.3) is 0 Å². The summed E-state index contributed by atoms with van der Waals surface area (Å²) in [6.07, 6.45) is 9.78. The summed E-state index contributed by atoms with van der Waals surface area (Å²) in [5, 5.41) is 0. The first-order valence-corrected chi connectivity index (χ1v) is 7.83. The molecule has 0 bridgehead atoms. The molecule has 0 aromatic heterocycles. The van der Waals surface area contributed by atoms with Crippen molar-refractivity contribution in [3.8, 4) is 0 Å². The summed E-state index contributed by atoms with van der Waals surface area (Å²) < 4.78 is 7.64. The van der Waals surface area contributed by atoms with Crippen LogP contribution in [0.5, 0.6) is 0 Å². The number of aryl methyl sites for hydroxylation is 1. The van der Waals surface area contributed by atoms with E-state index in [0.29, 0.717) is 6.61 Å². The molecule has 21 heavy (non-hydrogen) atoms. The van der Waals surface area contributed by atoms with Crippen LogP contribution in [0.1, 0.15) is 43.2 Å². The second-order valence-electron chi connectivity index (χ2n) is 4.87. The van der Waals surface area contributed by atoms with Crippen LogP contribution in [0.4, 0.5) is 0 Å². The third-order valence-corrected chi connectivity index (χ3v) is 3.37. The molecule has 0 N–H and O–H groups in total. The van der Waals surface area contributed by atoms with Gasteiger partial charge in [0.2, 0.25) is 0 Å². The molecule has 0 spiro atoms. The van der Waals surface area contributed by atoms with Crippen LogP contribution < -0.4 is 0 Å². The zero-order valence-corrected chi connectivity index (χ0v) is 13.3. The van der Waals surface area contributed by atoms with E-state index in [1.165, 1.54) is 30.9 Å². The summed E-state index contributed by atoms with van der Waals surface area (Å²) in [7, 11) is 0. The molecule has 115 valence electrons. The number of rotatable bonds is 10. The Hall–Kier alpha value is -1.41. The number of benzene rings is 1. The van der Waals surface area contributed by atoms with Gasteiger partial charge in [0.1, 0.15) is 0 Å². The summed E-state index contributed by atoms with van der Waals surface area (Å²) in [6.45, 7) is 3.86. The molecule has 0 atom stereocenters. The minimum atomic E-state index is -0.330. The van der Waals surface area contributed by atoms with Crippen LogP contribution in [-0.2, 0) is 31.3 Å². The molecule has 0 amide bonds. The van der Waals surface area contributed by atoms with Crippen molar-refractivity contribution >= 4 is 16.7 Å². The molecular formula is C18H22CoO2. The molecule has 0 heterocycles. The molecule has 0 unspecified atom stereocenters. The Morgan fingerprint density at radius 1 is 1.14 bits per heavy atom. The monoisotopic (exact) mass is 329 g/mol. The molecule has 0 aliphatic carbocycles. The quantitative estimate of drug-likeness (QED) is 0.370. The maximum atomic E-state index is 10.8. The van der Waals surface area contributed by atoms with Crippen molar-refractivity contribution in [3.63, 3.8) is 0 Å². The Balaban J connectivity index is 2.05. The van der Waals surface area contributed by atoms with Gasteiger partial charge >= 0.3 is 106 Å². The number of carbonyl (C=O) groups is 1. The zero-order chi connectivity index (χ0) is 15.3. The summed E-state index contributed by atoms with van der Waals surface area (Å²) in [5.41, 5.74) is 2.49. The van der Waals surface area contributed by atoms with E-state index in [-0.39, 0.29) is 5.97 Å². The maximum absolute atomic E-state index is 10.8. The van der Waals surface area contributed by atoms with E-state index in [1.807, 2.05) is 6.08 Å². The standard InChI is InChI=1S/C18H22O2.Co/c1-3-16-11-13-17(14-12-16)10-8-6-5-7-9-15-20-18(19)4-2;/h3-4,11-14H,2,5-10,15H2;. The van der Waals surface area contributed by atoms with E-state index in [0.717, 1.165) is 24.8 Å². The molecule has 0 fully saturated rings. The van der Waals surface area contributed by atoms with Crippen molar-refractivity contribution in [1.82, 2.24) is 0 Å². The summed E-state index contributed by atoms with van der Waals surface area (Å²) in [5.74, 6) is -0.330. The number of hydrogen-bond acceptors (Lipinski definition) is 2. The molecule has 0 aliphatic heterocycles. The first-order valence-electron chi connectivity index (χ1n) is 7.31. The molecule has 1 aromatic carbocycles. The molecule has 1 rings (SSSR count). The van der Waals surface area contributed by atoms with Gasteiger partial charge in [-0.1, -0.05) is 6.58 Å². The van der Waals surface area contributed by atoms with Crippen LogP contribution in [0, 0.1) is 0 Å². The van der Waals surface area contributed by atoms with Crippen molar-refractivity contribution in [3.05, 3.63) is 48.0 Å². The fourth-order valence-corrected chi connectivity index (χ4v) is 2.20. The summed E-state index contributed by atoms with van der Waals surface area (Å²) in [6, 6.07) is 8.49. The SMILES string of the molecule is C=CC(=O)OCCCCCCCc1ccc(C=[C]=[Co])cc1. The fourth-order valence-electron chi connectivity index (χ4n) is 2.03. The normalized spacial score (nSPS) is 9.76. The molecule has 3 heteroatoms. The Kier molecular flexibility index (Phi) is 9.46. The molecular weight excluding hydrogens is 307 g/mol. The molecule has 0 aliphatic rings. The van der Waals surface area contributed by atoms with E-state index >= 15 is 0 Å². The number of carbonyl (C=O) groups excluding carboxylic acids is 1. The topological polar surface area (TPSA) is 26.3 Å². The van der Waals surface area contributed by atoms with Crippen LogP contribution in [0.25, 0.3) is 6.08 Å². The van der Waals surface area contributed by atoms with Gasteiger partial charge in [0, 0.05) is 6.08 Å². The van der Waals surface area contributed by atoms with Gasteiger partial charge in [-0.2, -0.15) is 0 Å². The number of esters is 1. The third kappa shape index (κ3) is 8.46. The predicted molar refractivity (Wildman–Crippen MR) is 83.9 cm³/mol. The van der Waals surface area contributed by atoms with Gasteiger partial charge in [-0.3, -0.25) is 0 Å². The summed E-state index contributed by atoms with van der Waals surface area (Å²) >= 11 is 3.99. The average molecular weight is 329 g/mol. The van der Waals surface area contributed by atoms with E-state index in [2.05, 4.69) is 50.8 Å². The molecule has 2 nitrogen and oxygen atoms in total. The Morgan fingerprint density at radius 3 is 2.48 bits per heavy atom. The predicted octanol–water partition coefficient (Wildman–Crippen LogP) is 3.87. The van der Waals surface area contributed by atoms with Crippen LogP contribution in [0.2, 0.25) is 0 Å². The van der Waals surface area contributed by atoms with Crippen molar-refractivity contribution < 1.29 is 24.8 Å². The second kappa shape index (κ2) is 11.3. The van der Waals surface area contributed by atoms with Crippen molar-refractivity contribution in [1.29, 1.82) is 0 Å². The van der Waals surface area contributed by atoms with Gasteiger partial charge in [0.15, 0.2) is 0 Å². The second-order valence-corrected chi connectivity index (χ2v) is 5.17. The van der Waals surface area contributed by atoms with E-state index in [9.17, 15) is 4.79 Å². The molecule has 1 aromatic rings. The fraction of sp³-hybridized carbons (Fsp3) is 0.389. The number of hydrogen-bond donors (Lipinski definition) is 0.